The Balaban J connectivity index is 1.53. The van der Waals surface area contributed by atoms with Crippen molar-refractivity contribution in [1.82, 2.24) is 14.7 Å². The molecule has 1 unspecified atom stereocenters. The molecule has 3 aromatic rings. The van der Waals surface area contributed by atoms with Crippen molar-refractivity contribution in [2.45, 2.75) is 19.6 Å². The summed E-state index contributed by atoms with van der Waals surface area (Å²) in [6, 6.07) is 13.3. The third kappa shape index (κ3) is 3.53. The van der Waals surface area contributed by atoms with Crippen LogP contribution in [0.5, 0.6) is 0 Å². The van der Waals surface area contributed by atoms with Gasteiger partial charge in [0.15, 0.2) is 0 Å². The largest absolute Gasteiger partial charge is 0.370 e. The molecule has 0 N–H and O–H groups in total. The van der Waals surface area contributed by atoms with E-state index in [0.29, 0.717) is 30.8 Å². The standard InChI is InChI=1S/C21H20FN3O3/c1-14-17-4-2-3-5-18(17)21(27)25(23-14)13-20(26)24-10-11-28-19(12-24)15-6-8-16(22)9-7-15/h2-9,19H,10-13H2,1H3. The van der Waals surface area contributed by atoms with Crippen LogP contribution in [0.4, 0.5) is 4.39 Å². The normalized spacial score (nSPS) is 17.1. The first-order valence-corrected chi connectivity index (χ1v) is 9.14. The lowest BCUT2D eigenvalue weighted by Gasteiger charge is -2.33. The number of morpholine rings is 1. The monoisotopic (exact) mass is 381 g/mol. The number of carbonyl (C=O) groups is 1. The lowest BCUT2D eigenvalue weighted by molar-refractivity contribution is -0.139. The van der Waals surface area contributed by atoms with E-state index in [-0.39, 0.29) is 29.9 Å². The molecule has 1 aliphatic heterocycles. The highest BCUT2D eigenvalue weighted by molar-refractivity contribution is 5.83. The number of amides is 1. The zero-order valence-corrected chi connectivity index (χ0v) is 15.5. The van der Waals surface area contributed by atoms with Crippen molar-refractivity contribution >= 4 is 16.7 Å². The van der Waals surface area contributed by atoms with E-state index in [1.54, 1.807) is 29.2 Å². The van der Waals surface area contributed by atoms with E-state index < -0.39 is 0 Å². The molecule has 0 radical (unpaired) electrons. The molecule has 0 spiro atoms. The summed E-state index contributed by atoms with van der Waals surface area (Å²) < 4.78 is 20.1. The maximum absolute atomic E-state index is 13.1. The summed E-state index contributed by atoms with van der Waals surface area (Å²) in [5, 5.41) is 5.65. The number of fused-ring (bicyclic) bond motifs is 1. The van der Waals surface area contributed by atoms with Crippen LogP contribution in [0.15, 0.2) is 53.3 Å². The number of ether oxygens (including phenoxy) is 1. The number of halogens is 1. The van der Waals surface area contributed by atoms with Crippen LogP contribution in [0.3, 0.4) is 0 Å². The zero-order valence-electron chi connectivity index (χ0n) is 15.5. The second kappa shape index (κ2) is 7.52. The molecule has 1 aliphatic rings. The van der Waals surface area contributed by atoms with Crippen LogP contribution in [0.1, 0.15) is 17.4 Å². The molecule has 1 amide bonds. The summed E-state index contributed by atoms with van der Waals surface area (Å²) in [6.07, 6.45) is -0.318. The molecular formula is C21H20FN3O3. The van der Waals surface area contributed by atoms with Crippen LogP contribution >= 0.6 is 0 Å². The molecule has 0 bridgehead atoms. The van der Waals surface area contributed by atoms with Crippen LogP contribution in [-0.2, 0) is 16.1 Å². The second-order valence-electron chi connectivity index (χ2n) is 6.84. The number of carbonyl (C=O) groups excluding carboxylic acids is 1. The molecule has 4 rings (SSSR count). The molecule has 2 aromatic carbocycles. The summed E-state index contributed by atoms with van der Waals surface area (Å²) in [6.45, 7) is 2.87. The Morgan fingerprint density at radius 1 is 1.18 bits per heavy atom. The van der Waals surface area contributed by atoms with Gasteiger partial charge in [0, 0.05) is 11.9 Å². The van der Waals surface area contributed by atoms with E-state index in [2.05, 4.69) is 5.10 Å². The first-order valence-electron chi connectivity index (χ1n) is 9.14. The number of aryl methyl sites for hydroxylation is 1. The molecule has 1 fully saturated rings. The van der Waals surface area contributed by atoms with Gasteiger partial charge < -0.3 is 9.64 Å². The van der Waals surface area contributed by atoms with Crippen molar-refractivity contribution < 1.29 is 13.9 Å². The van der Waals surface area contributed by atoms with Gasteiger partial charge in [-0.05, 0) is 30.7 Å². The van der Waals surface area contributed by atoms with Gasteiger partial charge in [0.2, 0.25) is 5.91 Å². The molecule has 28 heavy (non-hydrogen) atoms. The number of benzene rings is 2. The van der Waals surface area contributed by atoms with E-state index in [9.17, 15) is 14.0 Å². The van der Waals surface area contributed by atoms with Crippen LogP contribution < -0.4 is 5.56 Å². The smallest absolute Gasteiger partial charge is 0.275 e. The van der Waals surface area contributed by atoms with Gasteiger partial charge in [-0.3, -0.25) is 9.59 Å². The topological polar surface area (TPSA) is 64.4 Å². The lowest BCUT2D eigenvalue weighted by Crippen LogP contribution is -2.45. The number of hydrogen-bond acceptors (Lipinski definition) is 4. The van der Waals surface area contributed by atoms with E-state index in [1.165, 1.54) is 16.8 Å². The van der Waals surface area contributed by atoms with Crippen molar-refractivity contribution in [2.24, 2.45) is 0 Å². The summed E-state index contributed by atoms with van der Waals surface area (Å²) in [7, 11) is 0. The minimum absolute atomic E-state index is 0.124. The molecule has 1 saturated heterocycles. The Morgan fingerprint density at radius 2 is 1.89 bits per heavy atom. The third-order valence-electron chi connectivity index (χ3n) is 5.00. The number of rotatable bonds is 3. The van der Waals surface area contributed by atoms with Crippen molar-refractivity contribution in [2.75, 3.05) is 19.7 Å². The maximum Gasteiger partial charge on any atom is 0.275 e. The molecule has 0 aliphatic carbocycles. The van der Waals surface area contributed by atoms with E-state index in [0.717, 1.165) is 10.9 Å². The number of hydrogen-bond donors (Lipinski definition) is 0. The molecule has 1 atom stereocenters. The predicted octanol–water partition coefficient (Wildman–Crippen LogP) is 2.44. The molecule has 1 aromatic heterocycles. The van der Waals surface area contributed by atoms with Gasteiger partial charge in [-0.25, -0.2) is 9.07 Å². The average Bonchev–Trinajstić information content (AvgIpc) is 2.72. The van der Waals surface area contributed by atoms with Gasteiger partial charge >= 0.3 is 0 Å². The Kier molecular flexibility index (Phi) is 4.92. The summed E-state index contributed by atoms with van der Waals surface area (Å²) in [5.41, 5.74) is 1.24. The molecule has 144 valence electrons. The lowest BCUT2D eigenvalue weighted by atomic mass is 10.1. The van der Waals surface area contributed by atoms with Gasteiger partial charge in [0.25, 0.3) is 5.56 Å². The Morgan fingerprint density at radius 3 is 2.64 bits per heavy atom. The van der Waals surface area contributed by atoms with Crippen molar-refractivity contribution in [3.05, 3.63) is 76.0 Å². The quantitative estimate of drug-likeness (QED) is 0.699. The molecule has 6 nitrogen and oxygen atoms in total. The Labute approximate surface area is 161 Å². The fourth-order valence-corrected chi connectivity index (χ4v) is 3.49. The van der Waals surface area contributed by atoms with Crippen LogP contribution in [0, 0.1) is 12.7 Å². The first kappa shape index (κ1) is 18.3. The van der Waals surface area contributed by atoms with Gasteiger partial charge in [0.05, 0.1) is 24.2 Å². The SMILES string of the molecule is Cc1nn(CC(=O)N2CCOC(c3ccc(F)cc3)C2)c(=O)c2ccccc12. The number of nitrogens with zero attached hydrogens (tertiary/aromatic N) is 3. The molecular weight excluding hydrogens is 361 g/mol. The Bertz CT molecular complexity index is 1080. The molecule has 7 heteroatoms. The predicted molar refractivity (Wildman–Crippen MR) is 102 cm³/mol. The highest BCUT2D eigenvalue weighted by Gasteiger charge is 2.26. The zero-order chi connectivity index (χ0) is 19.7. The van der Waals surface area contributed by atoms with Crippen molar-refractivity contribution in [3.63, 3.8) is 0 Å². The van der Waals surface area contributed by atoms with Crippen LogP contribution in [0.2, 0.25) is 0 Å². The van der Waals surface area contributed by atoms with Crippen molar-refractivity contribution in [1.29, 1.82) is 0 Å². The molecule has 0 saturated carbocycles. The first-order chi connectivity index (χ1) is 13.5. The van der Waals surface area contributed by atoms with Gasteiger partial charge in [0.1, 0.15) is 18.5 Å². The third-order valence-corrected chi connectivity index (χ3v) is 5.00. The van der Waals surface area contributed by atoms with E-state index in [1.807, 2.05) is 19.1 Å². The van der Waals surface area contributed by atoms with E-state index >= 15 is 0 Å². The van der Waals surface area contributed by atoms with Gasteiger partial charge in [-0.15, -0.1) is 0 Å². The summed E-state index contributed by atoms with van der Waals surface area (Å²) in [4.78, 5) is 27.2. The average molecular weight is 381 g/mol. The van der Waals surface area contributed by atoms with Crippen LogP contribution in [-0.4, -0.2) is 40.3 Å². The minimum atomic E-state index is -0.318. The number of aromatic nitrogens is 2. The summed E-state index contributed by atoms with van der Waals surface area (Å²) >= 11 is 0. The fraction of sp³-hybridized carbons (Fsp3) is 0.286. The van der Waals surface area contributed by atoms with Gasteiger partial charge in [-0.2, -0.15) is 5.10 Å². The minimum Gasteiger partial charge on any atom is -0.370 e. The van der Waals surface area contributed by atoms with Crippen LogP contribution in [0.25, 0.3) is 10.8 Å². The Hall–Kier alpha value is -3.06. The molecule has 2 heterocycles. The highest BCUT2D eigenvalue weighted by Crippen LogP contribution is 2.22. The summed E-state index contributed by atoms with van der Waals surface area (Å²) in [5.74, 6) is -0.510. The second-order valence-corrected chi connectivity index (χ2v) is 6.84. The fourth-order valence-electron chi connectivity index (χ4n) is 3.49. The van der Waals surface area contributed by atoms with Crippen molar-refractivity contribution in [3.8, 4) is 0 Å². The van der Waals surface area contributed by atoms with Gasteiger partial charge in [-0.1, -0.05) is 30.3 Å². The maximum atomic E-state index is 13.1. The van der Waals surface area contributed by atoms with E-state index in [4.69, 9.17) is 4.74 Å². The highest BCUT2D eigenvalue weighted by atomic mass is 19.1.